The van der Waals surface area contributed by atoms with Crippen LogP contribution in [0.4, 0.5) is 0 Å². The van der Waals surface area contributed by atoms with Gasteiger partial charge in [0.25, 0.3) is 0 Å². The molecule has 0 aromatic heterocycles. The van der Waals surface area contributed by atoms with Gasteiger partial charge >= 0.3 is 0 Å². The molecule has 0 bridgehead atoms. The molecule has 2 fully saturated rings. The lowest BCUT2D eigenvalue weighted by atomic mass is 9.78. The van der Waals surface area contributed by atoms with E-state index in [2.05, 4.69) is 58.0 Å². The van der Waals surface area contributed by atoms with Gasteiger partial charge in [-0.1, -0.05) is 50.3 Å². The molecule has 2 aromatic rings. The second-order valence-corrected chi connectivity index (χ2v) is 10.7. The fourth-order valence-electron chi connectivity index (χ4n) is 6.23. The largest absolute Gasteiger partial charge is 0.489 e. The predicted octanol–water partition coefficient (Wildman–Crippen LogP) is 5.65. The first kappa shape index (κ1) is 22.0. The van der Waals surface area contributed by atoms with Gasteiger partial charge in [0, 0.05) is 42.9 Å². The van der Waals surface area contributed by atoms with E-state index in [0.717, 1.165) is 53.4 Å². The summed E-state index contributed by atoms with van der Waals surface area (Å²) < 4.78 is 31.9. The summed E-state index contributed by atoms with van der Waals surface area (Å²) in [6.45, 7) is 10.5. The first-order valence-electron chi connectivity index (χ1n) is 12.6. The molecule has 0 amide bonds. The smallest absolute Gasteiger partial charge is 0.211 e. The lowest BCUT2D eigenvalue weighted by molar-refractivity contribution is -0.174. The molecule has 0 radical (unpaired) electrons. The Morgan fingerprint density at radius 1 is 0.912 bits per heavy atom. The van der Waals surface area contributed by atoms with Gasteiger partial charge in [-0.25, -0.2) is 0 Å². The summed E-state index contributed by atoms with van der Waals surface area (Å²) >= 11 is 0. The molecule has 4 aliphatic rings. The monoisotopic (exact) mass is 462 g/mol. The van der Waals surface area contributed by atoms with Crippen LogP contribution in [-0.4, -0.2) is 31.4 Å². The van der Waals surface area contributed by atoms with Gasteiger partial charge in [0.15, 0.2) is 0 Å². The van der Waals surface area contributed by atoms with E-state index >= 15 is 0 Å². The van der Waals surface area contributed by atoms with E-state index in [4.69, 9.17) is 23.7 Å². The maximum Gasteiger partial charge on any atom is 0.211 e. The van der Waals surface area contributed by atoms with Crippen molar-refractivity contribution < 1.29 is 23.7 Å². The minimum Gasteiger partial charge on any atom is -0.489 e. The SMILES string of the molecule is CC1COC2(C)Oc3cc(OC/C=C/c4ccccc4)c4c(c3CC12)OC1(C)OCC(C)C1C4. The van der Waals surface area contributed by atoms with Gasteiger partial charge in [-0.3, -0.25) is 0 Å². The molecule has 4 heterocycles. The van der Waals surface area contributed by atoms with E-state index < -0.39 is 11.6 Å². The van der Waals surface area contributed by atoms with E-state index in [-0.39, 0.29) is 0 Å². The van der Waals surface area contributed by atoms with E-state index in [1.54, 1.807) is 0 Å². The van der Waals surface area contributed by atoms with E-state index in [1.165, 1.54) is 0 Å². The molecule has 6 rings (SSSR count). The number of hydrogen-bond acceptors (Lipinski definition) is 5. The molecule has 6 unspecified atom stereocenters. The van der Waals surface area contributed by atoms with E-state index in [9.17, 15) is 0 Å². The number of ether oxygens (including phenoxy) is 5. The van der Waals surface area contributed by atoms with Crippen LogP contribution in [0.3, 0.4) is 0 Å². The Morgan fingerprint density at radius 2 is 1.56 bits per heavy atom. The molecule has 0 spiro atoms. The fourth-order valence-corrected chi connectivity index (χ4v) is 6.23. The first-order chi connectivity index (χ1) is 16.4. The quantitative estimate of drug-likeness (QED) is 0.588. The molecule has 6 atom stereocenters. The Labute approximate surface area is 202 Å². The van der Waals surface area contributed by atoms with Crippen LogP contribution in [-0.2, 0) is 22.3 Å². The Bertz CT molecular complexity index is 1110. The molecule has 5 heteroatoms. The fraction of sp³-hybridized carbons (Fsp3) is 0.517. The highest BCUT2D eigenvalue weighted by atomic mass is 16.7. The van der Waals surface area contributed by atoms with Crippen LogP contribution >= 0.6 is 0 Å². The van der Waals surface area contributed by atoms with Crippen molar-refractivity contribution in [3.8, 4) is 17.2 Å². The zero-order chi connectivity index (χ0) is 23.5. The third kappa shape index (κ3) is 3.52. The van der Waals surface area contributed by atoms with Crippen molar-refractivity contribution in [3.63, 3.8) is 0 Å². The number of fused-ring (bicyclic) bond motifs is 5. The Balaban J connectivity index is 1.36. The molecule has 5 nitrogen and oxygen atoms in total. The summed E-state index contributed by atoms with van der Waals surface area (Å²) in [5.74, 6) is 2.78. The van der Waals surface area contributed by atoms with Crippen LogP contribution in [0, 0.1) is 23.7 Å². The van der Waals surface area contributed by atoms with Crippen LogP contribution in [0.25, 0.3) is 6.08 Å². The third-order valence-electron chi connectivity index (χ3n) is 8.30. The molecule has 0 aliphatic carbocycles. The summed E-state index contributed by atoms with van der Waals surface area (Å²) in [5.41, 5.74) is 3.43. The molecule has 180 valence electrons. The standard InChI is InChI=1S/C29H34O5/c1-18-16-31-28(3)23(18)14-22-26(33-28)15-25(30-12-8-11-20-9-6-5-7-10-20)21-13-24-19(2)17-32-29(24,4)34-27(21)22/h5-11,15,18-19,23-24H,12-14,16-17H2,1-4H3/b11-8+. The zero-order valence-corrected chi connectivity index (χ0v) is 20.5. The lowest BCUT2D eigenvalue weighted by Gasteiger charge is -2.43. The topological polar surface area (TPSA) is 46.2 Å². The number of benzene rings is 2. The predicted molar refractivity (Wildman–Crippen MR) is 130 cm³/mol. The molecule has 4 aliphatic heterocycles. The highest BCUT2D eigenvalue weighted by Crippen LogP contribution is 2.55. The average molecular weight is 463 g/mol. The summed E-state index contributed by atoms with van der Waals surface area (Å²) in [5, 5.41) is 0. The van der Waals surface area contributed by atoms with Crippen LogP contribution < -0.4 is 14.2 Å². The summed E-state index contributed by atoms with van der Waals surface area (Å²) in [4.78, 5) is 0. The van der Waals surface area contributed by atoms with Gasteiger partial charge in [0.05, 0.1) is 13.2 Å². The van der Waals surface area contributed by atoms with Gasteiger partial charge in [0.2, 0.25) is 11.6 Å². The van der Waals surface area contributed by atoms with Crippen LogP contribution in [0.2, 0.25) is 0 Å². The highest BCUT2D eigenvalue weighted by Gasteiger charge is 2.54. The Kier molecular flexibility index (Phi) is 5.19. The third-order valence-corrected chi connectivity index (χ3v) is 8.30. The molecular formula is C29H34O5. The van der Waals surface area contributed by atoms with Gasteiger partial charge < -0.3 is 23.7 Å². The van der Waals surface area contributed by atoms with Gasteiger partial charge in [0.1, 0.15) is 23.9 Å². The Morgan fingerprint density at radius 3 is 2.26 bits per heavy atom. The molecule has 2 aromatic carbocycles. The minimum absolute atomic E-state index is 0.294. The van der Waals surface area contributed by atoms with Crippen molar-refractivity contribution in [2.75, 3.05) is 19.8 Å². The van der Waals surface area contributed by atoms with Gasteiger partial charge in [-0.15, -0.1) is 0 Å². The number of hydrogen-bond donors (Lipinski definition) is 0. The van der Waals surface area contributed by atoms with Crippen LogP contribution in [0.5, 0.6) is 17.2 Å². The van der Waals surface area contributed by atoms with E-state index in [0.29, 0.717) is 36.9 Å². The maximum atomic E-state index is 6.70. The number of rotatable bonds is 4. The lowest BCUT2D eigenvalue weighted by Crippen LogP contribution is -2.46. The maximum absolute atomic E-state index is 6.70. The average Bonchev–Trinajstić information content (AvgIpc) is 3.29. The Hall–Kier alpha value is -2.50. The second-order valence-electron chi connectivity index (χ2n) is 10.7. The second kappa shape index (κ2) is 8.03. The zero-order valence-electron chi connectivity index (χ0n) is 20.5. The van der Waals surface area contributed by atoms with Crippen molar-refractivity contribution in [2.24, 2.45) is 23.7 Å². The van der Waals surface area contributed by atoms with Crippen molar-refractivity contribution in [3.05, 3.63) is 59.2 Å². The van der Waals surface area contributed by atoms with Crippen molar-refractivity contribution in [1.82, 2.24) is 0 Å². The molecule has 0 saturated carbocycles. The van der Waals surface area contributed by atoms with Crippen LogP contribution in [0.1, 0.15) is 44.4 Å². The summed E-state index contributed by atoms with van der Waals surface area (Å²) in [7, 11) is 0. The highest BCUT2D eigenvalue weighted by molar-refractivity contribution is 5.60. The van der Waals surface area contributed by atoms with Gasteiger partial charge in [-0.2, -0.15) is 0 Å². The minimum atomic E-state index is -0.607. The van der Waals surface area contributed by atoms with Crippen LogP contribution in [0.15, 0.2) is 42.5 Å². The molecular weight excluding hydrogens is 428 g/mol. The molecule has 34 heavy (non-hydrogen) atoms. The molecule has 2 saturated heterocycles. The van der Waals surface area contributed by atoms with Crippen molar-refractivity contribution >= 4 is 6.08 Å². The normalized spacial score (nSPS) is 35.6. The van der Waals surface area contributed by atoms with Crippen molar-refractivity contribution in [2.45, 2.75) is 52.1 Å². The van der Waals surface area contributed by atoms with Crippen molar-refractivity contribution in [1.29, 1.82) is 0 Å². The molecule has 0 N–H and O–H groups in total. The first-order valence-corrected chi connectivity index (χ1v) is 12.6. The summed E-state index contributed by atoms with van der Waals surface area (Å²) in [6.07, 6.45) is 5.89. The summed E-state index contributed by atoms with van der Waals surface area (Å²) in [6, 6.07) is 12.3. The van der Waals surface area contributed by atoms with E-state index in [1.807, 2.05) is 18.2 Å². The van der Waals surface area contributed by atoms with Gasteiger partial charge in [-0.05, 0) is 36.3 Å².